The number of carboxylic acid groups (broad SMARTS) is 2. The fourth-order valence-electron chi connectivity index (χ4n) is 2.29. The van der Waals surface area contributed by atoms with Gasteiger partial charge in [-0.3, -0.25) is 4.79 Å². The van der Waals surface area contributed by atoms with Gasteiger partial charge in [0.25, 0.3) is 0 Å². The van der Waals surface area contributed by atoms with Crippen molar-refractivity contribution in [2.75, 3.05) is 7.11 Å². The zero-order valence-corrected chi connectivity index (χ0v) is 13.3. The summed E-state index contributed by atoms with van der Waals surface area (Å²) in [6, 6.07) is 5.24. The van der Waals surface area contributed by atoms with E-state index < -0.39 is 30.4 Å². The third-order valence-electron chi connectivity index (χ3n) is 3.74. The van der Waals surface area contributed by atoms with E-state index in [1.165, 1.54) is 0 Å². The van der Waals surface area contributed by atoms with E-state index in [1.807, 2.05) is 12.1 Å². The van der Waals surface area contributed by atoms with Crippen LogP contribution in [0.4, 0.5) is 4.79 Å². The number of rotatable bonds is 8. The Kier molecular flexibility index (Phi) is 5.62. The molecule has 0 aromatic heterocycles. The van der Waals surface area contributed by atoms with E-state index in [-0.39, 0.29) is 6.04 Å². The number of carbonyl (C=O) groups is 3. The number of ether oxygens (including phenoxy) is 1. The smallest absolute Gasteiger partial charge is 0.326 e. The average molecular weight is 336 g/mol. The summed E-state index contributed by atoms with van der Waals surface area (Å²) in [6.07, 6.45) is 1.03. The second-order valence-corrected chi connectivity index (χ2v) is 5.65. The van der Waals surface area contributed by atoms with E-state index in [4.69, 9.17) is 14.9 Å². The van der Waals surface area contributed by atoms with Crippen molar-refractivity contribution in [2.45, 2.75) is 37.9 Å². The van der Waals surface area contributed by atoms with Crippen LogP contribution in [0.25, 0.3) is 0 Å². The first-order valence-electron chi connectivity index (χ1n) is 7.55. The van der Waals surface area contributed by atoms with Gasteiger partial charge >= 0.3 is 18.0 Å². The normalized spacial score (nSPS) is 14.5. The highest BCUT2D eigenvalue weighted by molar-refractivity contribution is 5.86. The summed E-state index contributed by atoms with van der Waals surface area (Å²) in [7, 11) is 1.56. The Morgan fingerprint density at radius 2 is 1.88 bits per heavy atom. The van der Waals surface area contributed by atoms with Gasteiger partial charge in [-0.05, 0) is 30.5 Å². The van der Waals surface area contributed by atoms with Crippen molar-refractivity contribution in [3.05, 3.63) is 29.8 Å². The van der Waals surface area contributed by atoms with Crippen molar-refractivity contribution in [1.29, 1.82) is 0 Å². The van der Waals surface area contributed by atoms with Crippen molar-refractivity contribution in [1.82, 2.24) is 10.2 Å². The molecule has 3 N–H and O–H groups in total. The van der Waals surface area contributed by atoms with Gasteiger partial charge in [-0.15, -0.1) is 0 Å². The highest BCUT2D eigenvalue weighted by Gasteiger charge is 2.34. The van der Waals surface area contributed by atoms with Gasteiger partial charge in [0.05, 0.1) is 13.5 Å². The molecule has 1 aromatic carbocycles. The predicted octanol–water partition coefficient (Wildman–Crippen LogP) is 1.30. The lowest BCUT2D eigenvalue weighted by Gasteiger charge is -2.25. The van der Waals surface area contributed by atoms with Crippen LogP contribution in [-0.2, 0) is 16.1 Å². The van der Waals surface area contributed by atoms with Gasteiger partial charge in [-0.25, -0.2) is 9.59 Å². The quantitative estimate of drug-likeness (QED) is 0.659. The monoisotopic (exact) mass is 336 g/mol. The Labute approximate surface area is 139 Å². The molecule has 2 amide bonds. The van der Waals surface area contributed by atoms with Crippen LogP contribution in [0.2, 0.25) is 0 Å². The zero-order valence-electron chi connectivity index (χ0n) is 13.3. The Hall–Kier alpha value is -2.77. The van der Waals surface area contributed by atoms with Crippen molar-refractivity contribution < 1.29 is 29.3 Å². The molecule has 1 aromatic rings. The minimum absolute atomic E-state index is 0.0476. The molecule has 2 rings (SSSR count). The molecule has 0 heterocycles. The lowest BCUT2D eigenvalue weighted by atomic mass is 10.2. The first-order chi connectivity index (χ1) is 11.4. The van der Waals surface area contributed by atoms with E-state index in [9.17, 15) is 14.4 Å². The minimum Gasteiger partial charge on any atom is -0.497 e. The summed E-state index contributed by atoms with van der Waals surface area (Å²) in [5.41, 5.74) is 0.878. The molecule has 1 aliphatic rings. The van der Waals surface area contributed by atoms with E-state index in [2.05, 4.69) is 5.32 Å². The van der Waals surface area contributed by atoms with Gasteiger partial charge in [0.2, 0.25) is 0 Å². The fraction of sp³-hybridized carbons (Fsp3) is 0.438. The first-order valence-corrected chi connectivity index (χ1v) is 7.55. The zero-order chi connectivity index (χ0) is 17.7. The highest BCUT2D eigenvalue weighted by Crippen LogP contribution is 2.28. The number of carbonyl (C=O) groups excluding carboxylic acids is 1. The van der Waals surface area contributed by atoms with Crippen molar-refractivity contribution >= 4 is 18.0 Å². The van der Waals surface area contributed by atoms with Gasteiger partial charge in [-0.1, -0.05) is 12.1 Å². The lowest BCUT2D eigenvalue weighted by Crippen LogP contribution is -2.49. The Morgan fingerprint density at radius 3 is 2.33 bits per heavy atom. The molecule has 0 saturated heterocycles. The van der Waals surface area contributed by atoms with E-state index in [0.29, 0.717) is 12.3 Å². The molecule has 1 fully saturated rings. The van der Waals surface area contributed by atoms with Crippen molar-refractivity contribution in [2.24, 2.45) is 0 Å². The summed E-state index contributed by atoms with van der Waals surface area (Å²) in [5.74, 6) is -1.95. The molecular formula is C16H20N2O6. The summed E-state index contributed by atoms with van der Waals surface area (Å²) >= 11 is 0. The molecule has 1 unspecified atom stereocenters. The summed E-state index contributed by atoms with van der Waals surface area (Å²) in [5, 5.41) is 20.1. The third-order valence-corrected chi connectivity index (χ3v) is 3.74. The van der Waals surface area contributed by atoms with Gasteiger partial charge < -0.3 is 25.2 Å². The molecule has 24 heavy (non-hydrogen) atoms. The molecule has 0 spiro atoms. The lowest BCUT2D eigenvalue weighted by molar-refractivity contribution is -0.145. The Balaban J connectivity index is 2.04. The van der Waals surface area contributed by atoms with Gasteiger partial charge in [0.15, 0.2) is 0 Å². The number of aliphatic carboxylic acids is 2. The standard InChI is InChI=1S/C16H20N2O6/c1-24-12-6-2-10(3-7-12)9-18(11-4-5-11)16(23)17-13(15(21)22)8-14(19)20/h2-3,6-7,11,13H,4-5,8-9H2,1H3,(H,17,23)(H,19,20)(H,21,22). The second kappa shape index (κ2) is 7.67. The molecule has 0 aliphatic heterocycles. The number of nitrogens with one attached hydrogen (secondary N) is 1. The van der Waals surface area contributed by atoms with Crippen LogP contribution in [0, 0.1) is 0 Å². The molecule has 1 atom stereocenters. The van der Waals surface area contributed by atoms with E-state index in [0.717, 1.165) is 18.4 Å². The molecular weight excluding hydrogens is 316 g/mol. The van der Waals surface area contributed by atoms with Crippen LogP contribution in [-0.4, -0.2) is 52.3 Å². The first kappa shape index (κ1) is 17.6. The van der Waals surface area contributed by atoms with E-state index >= 15 is 0 Å². The maximum absolute atomic E-state index is 12.4. The Bertz CT molecular complexity index is 611. The maximum atomic E-state index is 12.4. The number of hydrogen-bond acceptors (Lipinski definition) is 4. The number of urea groups is 1. The summed E-state index contributed by atoms with van der Waals surface area (Å²) < 4.78 is 5.08. The van der Waals surface area contributed by atoms with Crippen molar-refractivity contribution in [3.63, 3.8) is 0 Å². The van der Waals surface area contributed by atoms with E-state index in [1.54, 1.807) is 24.1 Å². The van der Waals surface area contributed by atoms with Crippen LogP contribution in [0.15, 0.2) is 24.3 Å². The van der Waals surface area contributed by atoms with Crippen LogP contribution in [0.5, 0.6) is 5.75 Å². The largest absolute Gasteiger partial charge is 0.497 e. The maximum Gasteiger partial charge on any atom is 0.326 e. The summed E-state index contributed by atoms with van der Waals surface area (Å²) in [4.78, 5) is 35.7. The SMILES string of the molecule is COc1ccc(CN(C(=O)NC(CC(=O)O)C(=O)O)C2CC2)cc1. The molecule has 0 radical (unpaired) electrons. The fourth-order valence-corrected chi connectivity index (χ4v) is 2.29. The van der Waals surface area contributed by atoms with Gasteiger partial charge in [0, 0.05) is 12.6 Å². The molecule has 130 valence electrons. The van der Waals surface area contributed by atoms with Crippen LogP contribution in [0.3, 0.4) is 0 Å². The average Bonchev–Trinajstić information content (AvgIpc) is 3.36. The highest BCUT2D eigenvalue weighted by atomic mass is 16.5. The van der Waals surface area contributed by atoms with Gasteiger partial charge in [0.1, 0.15) is 11.8 Å². The Morgan fingerprint density at radius 1 is 1.25 bits per heavy atom. The molecule has 8 nitrogen and oxygen atoms in total. The topological polar surface area (TPSA) is 116 Å². The third kappa shape index (κ3) is 4.87. The molecule has 1 aliphatic carbocycles. The van der Waals surface area contributed by atoms with Crippen LogP contribution in [0.1, 0.15) is 24.8 Å². The van der Waals surface area contributed by atoms with Crippen LogP contribution < -0.4 is 10.1 Å². The molecule has 1 saturated carbocycles. The number of carboxylic acids is 2. The predicted molar refractivity (Wildman–Crippen MR) is 83.8 cm³/mol. The summed E-state index contributed by atoms with van der Waals surface area (Å²) in [6.45, 7) is 0.319. The number of nitrogens with zero attached hydrogens (tertiary/aromatic N) is 1. The number of amides is 2. The van der Waals surface area contributed by atoms with Gasteiger partial charge in [-0.2, -0.15) is 0 Å². The minimum atomic E-state index is -1.45. The molecule has 8 heteroatoms. The molecule has 0 bridgehead atoms. The number of hydrogen-bond donors (Lipinski definition) is 3. The number of benzene rings is 1. The second-order valence-electron chi connectivity index (χ2n) is 5.65. The number of methoxy groups -OCH3 is 1. The van der Waals surface area contributed by atoms with Crippen LogP contribution >= 0.6 is 0 Å². The van der Waals surface area contributed by atoms with Crippen molar-refractivity contribution in [3.8, 4) is 5.75 Å².